The zero-order chi connectivity index (χ0) is 13.8. The Kier molecular flexibility index (Phi) is 4.87. The summed E-state index contributed by atoms with van der Waals surface area (Å²) in [6.07, 6.45) is 1.58. The number of hydrogen-bond acceptors (Lipinski definition) is 2. The Bertz CT molecular complexity index is 383. The third-order valence-corrected chi connectivity index (χ3v) is 3.56. The monoisotopic (exact) mass is 261 g/mol. The lowest BCUT2D eigenvalue weighted by Gasteiger charge is -2.10. The molecule has 1 aliphatic rings. The van der Waals surface area contributed by atoms with Gasteiger partial charge in [0, 0.05) is 0 Å². The summed E-state index contributed by atoms with van der Waals surface area (Å²) in [4.78, 5) is 0. The molecule has 0 heterocycles. The third kappa shape index (κ3) is 4.54. The second-order valence-corrected chi connectivity index (χ2v) is 6.39. The van der Waals surface area contributed by atoms with Crippen LogP contribution >= 0.6 is 0 Å². The Morgan fingerprint density at radius 2 is 1.84 bits per heavy atom. The van der Waals surface area contributed by atoms with E-state index in [-0.39, 0.29) is 6.10 Å². The highest BCUT2D eigenvalue weighted by Gasteiger charge is 2.37. The maximum atomic E-state index is 5.68. The molecule has 1 aliphatic carbocycles. The minimum absolute atomic E-state index is 0.250. The average molecular weight is 261 g/mol. The van der Waals surface area contributed by atoms with Gasteiger partial charge in [0.05, 0.1) is 6.10 Å². The van der Waals surface area contributed by atoms with Crippen LogP contribution in [0.2, 0.25) is 0 Å². The molecule has 2 rings (SSSR count). The van der Waals surface area contributed by atoms with Crippen LogP contribution in [0.3, 0.4) is 0 Å². The summed E-state index contributed by atoms with van der Waals surface area (Å²) in [6, 6.07) is 8.66. The highest BCUT2D eigenvalue weighted by Crippen LogP contribution is 2.47. The van der Waals surface area contributed by atoms with Gasteiger partial charge in [0.25, 0.3) is 0 Å². The average Bonchev–Trinajstić information content (AvgIpc) is 3.08. The first kappa shape index (κ1) is 14.4. The van der Waals surface area contributed by atoms with Gasteiger partial charge in [0.2, 0.25) is 0 Å². The van der Waals surface area contributed by atoms with E-state index >= 15 is 0 Å². The van der Waals surface area contributed by atoms with Crippen molar-refractivity contribution >= 4 is 0 Å². The van der Waals surface area contributed by atoms with Gasteiger partial charge >= 0.3 is 0 Å². The van der Waals surface area contributed by atoms with Gasteiger partial charge in [-0.15, -0.1) is 0 Å². The SMILES string of the molecule is CC(C)CNCC1CC1c1ccc(OC(C)C)cc1. The Balaban J connectivity index is 1.78. The minimum Gasteiger partial charge on any atom is -0.491 e. The van der Waals surface area contributed by atoms with Crippen LogP contribution in [0.1, 0.15) is 45.6 Å². The predicted octanol–water partition coefficient (Wildman–Crippen LogP) is 3.82. The van der Waals surface area contributed by atoms with Gasteiger partial charge in [-0.3, -0.25) is 0 Å². The third-order valence-electron chi connectivity index (χ3n) is 3.56. The molecule has 0 aliphatic heterocycles. The van der Waals surface area contributed by atoms with Crippen LogP contribution in [-0.4, -0.2) is 19.2 Å². The Hall–Kier alpha value is -1.02. The molecular weight excluding hydrogens is 234 g/mol. The first-order valence-electron chi connectivity index (χ1n) is 7.53. The van der Waals surface area contributed by atoms with Gasteiger partial charge in [-0.2, -0.15) is 0 Å². The number of hydrogen-bond donors (Lipinski definition) is 1. The lowest BCUT2D eigenvalue weighted by Crippen LogP contribution is -2.22. The summed E-state index contributed by atoms with van der Waals surface area (Å²) in [5.41, 5.74) is 1.47. The van der Waals surface area contributed by atoms with Gasteiger partial charge in [-0.05, 0) is 68.8 Å². The summed E-state index contributed by atoms with van der Waals surface area (Å²) in [6.45, 7) is 10.9. The molecule has 0 saturated heterocycles. The quantitative estimate of drug-likeness (QED) is 0.805. The lowest BCUT2D eigenvalue weighted by molar-refractivity contribution is 0.242. The minimum atomic E-state index is 0.250. The Labute approximate surface area is 117 Å². The standard InChI is InChI=1S/C17H27NO/c1-12(2)10-18-11-15-9-17(15)14-5-7-16(8-6-14)19-13(3)4/h5-8,12-13,15,17-18H,9-11H2,1-4H3. The summed E-state index contributed by atoms with van der Waals surface area (Å²) >= 11 is 0. The molecular formula is C17H27NO. The molecule has 0 radical (unpaired) electrons. The first-order valence-corrected chi connectivity index (χ1v) is 7.53. The summed E-state index contributed by atoms with van der Waals surface area (Å²) < 4.78 is 5.68. The molecule has 2 heteroatoms. The predicted molar refractivity (Wildman–Crippen MR) is 80.8 cm³/mol. The van der Waals surface area contributed by atoms with E-state index in [1.807, 2.05) is 0 Å². The summed E-state index contributed by atoms with van der Waals surface area (Å²) in [5.74, 6) is 3.31. The molecule has 19 heavy (non-hydrogen) atoms. The topological polar surface area (TPSA) is 21.3 Å². The smallest absolute Gasteiger partial charge is 0.119 e. The molecule has 2 nitrogen and oxygen atoms in total. The van der Waals surface area contributed by atoms with Crippen LogP contribution < -0.4 is 10.1 Å². The van der Waals surface area contributed by atoms with Crippen molar-refractivity contribution in [2.24, 2.45) is 11.8 Å². The molecule has 0 spiro atoms. The number of rotatable bonds is 7. The van der Waals surface area contributed by atoms with Crippen molar-refractivity contribution < 1.29 is 4.74 Å². The fourth-order valence-electron chi connectivity index (χ4n) is 2.50. The molecule has 1 saturated carbocycles. The van der Waals surface area contributed by atoms with E-state index in [9.17, 15) is 0 Å². The normalized spacial score (nSPS) is 22.0. The van der Waals surface area contributed by atoms with Gasteiger partial charge in [-0.25, -0.2) is 0 Å². The van der Waals surface area contributed by atoms with Crippen LogP contribution in [0.25, 0.3) is 0 Å². The summed E-state index contributed by atoms with van der Waals surface area (Å²) in [7, 11) is 0. The van der Waals surface area contributed by atoms with E-state index in [1.54, 1.807) is 0 Å². The van der Waals surface area contributed by atoms with Crippen molar-refractivity contribution in [3.63, 3.8) is 0 Å². The molecule has 2 unspecified atom stereocenters. The summed E-state index contributed by atoms with van der Waals surface area (Å²) in [5, 5.41) is 3.56. The van der Waals surface area contributed by atoms with E-state index in [2.05, 4.69) is 57.3 Å². The molecule has 106 valence electrons. The van der Waals surface area contributed by atoms with Crippen molar-refractivity contribution in [2.45, 2.75) is 46.1 Å². The van der Waals surface area contributed by atoms with Crippen LogP contribution in [0.5, 0.6) is 5.75 Å². The number of nitrogens with one attached hydrogen (secondary N) is 1. The van der Waals surface area contributed by atoms with Crippen molar-refractivity contribution in [3.05, 3.63) is 29.8 Å². The van der Waals surface area contributed by atoms with Crippen molar-refractivity contribution in [2.75, 3.05) is 13.1 Å². The van der Waals surface area contributed by atoms with E-state index in [4.69, 9.17) is 4.74 Å². The second-order valence-electron chi connectivity index (χ2n) is 6.39. The molecule has 1 aromatic rings. The highest BCUT2D eigenvalue weighted by atomic mass is 16.5. The van der Waals surface area contributed by atoms with E-state index in [0.29, 0.717) is 0 Å². The molecule has 0 aromatic heterocycles. The zero-order valence-corrected chi connectivity index (χ0v) is 12.6. The first-order chi connectivity index (χ1) is 9.06. The van der Waals surface area contributed by atoms with E-state index in [0.717, 1.165) is 36.6 Å². The van der Waals surface area contributed by atoms with Crippen molar-refractivity contribution in [1.82, 2.24) is 5.32 Å². The lowest BCUT2D eigenvalue weighted by atomic mass is 10.1. The van der Waals surface area contributed by atoms with Gasteiger partial charge in [-0.1, -0.05) is 26.0 Å². The fourth-order valence-corrected chi connectivity index (χ4v) is 2.50. The maximum absolute atomic E-state index is 5.68. The highest BCUT2D eigenvalue weighted by molar-refractivity contribution is 5.32. The largest absolute Gasteiger partial charge is 0.491 e. The zero-order valence-electron chi connectivity index (χ0n) is 12.6. The molecule has 0 amide bonds. The second kappa shape index (κ2) is 6.42. The Morgan fingerprint density at radius 3 is 2.42 bits per heavy atom. The van der Waals surface area contributed by atoms with Crippen LogP contribution in [-0.2, 0) is 0 Å². The molecule has 2 atom stereocenters. The molecule has 1 N–H and O–H groups in total. The molecule has 0 bridgehead atoms. The van der Waals surface area contributed by atoms with Crippen LogP contribution in [0.4, 0.5) is 0 Å². The number of ether oxygens (including phenoxy) is 1. The van der Waals surface area contributed by atoms with Gasteiger partial charge in [0.1, 0.15) is 5.75 Å². The van der Waals surface area contributed by atoms with Gasteiger partial charge < -0.3 is 10.1 Å². The van der Waals surface area contributed by atoms with Crippen molar-refractivity contribution in [1.29, 1.82) is 0 Å². The molecule has 1 aromatic carbocycles. The maximum Gasteiger partial charge on any atom is 0.119 e. The van der Waals surface area contributed by atoms with Crippen LogP contribution in [0.15, 0.2) is 24.3 Å². The Morgan fingerprint density at radius 1 is 1.16 bits per heavy atom. The van der Waals surface area contributed by atoms with Crippen LogP contribution in [0, 0.1) is 11.8 Å². The van der Waals surface area contributed by atoms with E-state index in [1.165, 1.54) is 12.0 Å². The van der Waals surface area contributed by atoms with E-state index < -0.39 is 0 Å². The number of benzene rings is 1. The van der Waals surface area contributed by atoms with Crippen molar-refractivity contribution in [3.8, 4) is 5.75 Å². The molecule has 1 fully saturated rings. The fraction of sp³-hybridized carbons (Fsp3) is 0.647. The van der Waals surface area contributed by atoms with Gasteiger partial charge in [0.15, 0.2) is 0 Å².